The van der Waals surface area contributed by atoms with Crippen molar-refractivity contribution in [1.29, 1.82) is 0 Å². The van der Waals surface area contributed by atoms with E-state index in [1.54, 1.807) is 6.20 Å². The molecule has 1 atom stereocenters. The van der Waals surface area contributed by atoms with E-state index >= 15 is 0 Å². The zero-order chi connectivity index (χ0) is 26.3. The lowest BCUT2D eigenvalue weighted by molar-refractivity contribution is -0.886. The number of hydrogen-bond acceptors (Lipinski definition) is 2. The lowest BCUT2D eigenvalue weighted by Crippen LogP contribution is -2.38. The highest BCUT2D eigenvalue weighted by Crippen LogP contribution is 2.40. The molecule has 2 rings (SSSR count). The van der Waals surface area contributed by atoms with Crippen molar-refractivity contribution in [2.24, 2.45) is 9.98 Å². The fourth-order valence-electron chi connectivity index (χ4n) is 1.29. The summed E-state index contributed by atoms with van der Waals surface area (Å²) >= 11 is 0. The molecule has 0 aromatic carbocycles. The molecular weight excluding hydrogens is 463 g/mol. The molecule has 6 nitrogen and oxygen atoms in total. The van der Waals surface area contributed by atoms with Crippen LogP contribution in [-0.4, -0.2) is 140 Å². The Morgan fingerprint density at radius 1 is 0.639 bits per heavy atom. The van der Waals surface area contributed by atoms with Crippen molar-refractivity contribution in [1.82, 2.24) is 0 Å². The molecule has 0 saturated carbocycles. The van der Waals surface area contributed by atoms with Gasteiger partial charge in [0.2, 0.25) is 0 Å². The van der Waals surface area contributed by atoms with E-state index in [-0.39, 0.29) is 37.0 Å². The average molecular weight is 536 g/mol. The lowest BCUT2D eigenvalue weighted by Gasteiger charge is -2.25. The van der Waals surface area contributed by atoms with Gasteiger partial charge in [0.15, 0.2) is 12.7 Å². The third-order valence-electron chi connectivity index (χ3n) is 4.12. The first-order valence-corrected chi connectivity index (χ1v) is 15.2. The molecule has 222 valence electrons. The van der Waals surface area contributed by atoms with Gasteiger partial charge in [0.25, 0.3) is 0 Å². The molecule has 2 heterocycles. The largest absolute Gasteiger partial charge is 0.358 e. The zero-order valence-corrected chi connectivity index (χ0v) is 29.6. The van der Waals surface area contributed by atoms with Crippen molar-refractivity contribution in [3.63, 3.8) is 0 Å². The number of hydrogen-bond donors (Lipinski definition) is 0. The van der Waals surface area contributed by atoms with Gasteiger partial charge < -0.3 is 38.7 Å². The molecule has 0 aromatic heterocycles. The topological polar surface area (TPSA) is 24.7 Å². The van der Waals surface area contributed by atoms with E-state index in [2.05, 4.69) is 127 Å². The van der Waals surface area contributed by atoms with Gasteiger partial charge in [-0.3, -0.25) is 8.97 Å². The van der Waals surface area contributed by atoms with Crippen LogP contribution in [0.5, 0.6) is 0 Å². The van der Waals surface area contributed by atoms with Crippen LogP contribution < -0.4 is 0 Å². The second-order valence-electron chi connectivity index (χ2n) is 12.4. The summed E-state index contributed by atoms with van der Waals surface area (Å²) in [5.41, 5.74) is 0. The SMILES string of the molecule is CC[N+](C)(C)CC.CC[N+]1(C)C=CN=C1.C[N+](C)(C)C.C[N+]1(C)C=CN=C1.C[P+](C)(C)C.[CH3-].[CH3-].[CH3-].[CH3-]. The Labute approximate surface area is 232 Å². The molecule has 0 aliphatic carbocycles. The van der Waals surface area contributed by atoms with Crippen LogP contribution in [0.25, 0.3) is 0 Å². The zero-order valence-electron chi connectivity index (χ0n) is 28.7. The third-order valence-corrected chi connectivity index (χ3v) is 4.12. The van der Waals surface area contributed by atoms with Gasteiger partial charge in [0.05, 0.1) is 95.5 Å². The maximum atomic E-state index is 3.97. The Hall–Kier alpha value is -0.910. The van der Waals surface area contributed by atoms with Gasteiger partial charge >= 0.3 is 0 Å². The number of nitrogens with zero attached hydrogens (tertiary/aromatic N) is 6. The third kappa shape index (κ3) is 50.1. The minimum absolute atomic E-state index is 0. The van der Waals surface area contributed by atoms with Crippen LogP contribution in [0, 0.1) is 29.7 Å². The van der Waals surface area contributed by atoms with Crippen LogP contribution in [0.15, 0.2) is 34.8 Å². The molecule has 2 aliphatic heterocycles. The van der Waals surface area contributed by atoms with E-state index in [0.717, 1.165) is 24.5 Å². The maximum absolute atomic E-state index is 3.97. The number of aliphatic imine (C=N–C) groups is 2. The maximum Gasteiger partial charge on any atom is 0.194 e. The van der Waals surface area contributed by atoms with E-state index in [0.29, 0.717) is 0 Å². The number of quaternary nitrogens is 4. The van der Waals surface area contributed by atoms with E-state index in [1.807, 2.05) is 25.1 Å². The average Bonchev–Trinajstić information content (AvgIpc) is 3.21. The molecule has 0 bridgehead atoms. The molecule has 0 spiro atoms. The van der Waals surface area contributed by atoms with E-state index in [9.17, 15) is 0 Å². The van der Waals surface area contributed by atoms with Crippen molar-refractivity contribution in [3.8, 4) is 0 Å². The predicted octanol–water partition coefficient (Wildman–Crippen LogP) is 6.29. The fraction of sp³-hybridized carbons (Fsp3) is 0.655. The highest BCUT2D eigenvalue weighted by Gasteiger charge is 2.14. The Balaban J connectivity index is -0.0000000575. The summed E-state index contributed by atoms with van der Waals surface area (Å²) in [4.78, 5) is 7.88. The van der Waals surface area contributed by atoms with Crippen LogP contribution in [0.2, 0.25) is 0 Å². The van der Waals surface area contributed by atoms with Crippen LogP contribution in [0.1, 0.15) is 20.8 Å². The molecule has 36 heavy (non-hydrogen) atoms. The lowest BCUT2D eigenvalue weighted by atomic mass is 10.5. The molecule has 0 aromatic rings. The summed E-state index contributed by atoms with van der Waals surface area (Å²) in [6.07, 6.45) is 11.5. The van der Waals surface area contributed by atoms with Crippen LogP contribution in [0.4, 0.5) is 0 Å². The Morgan fingerprint density at radius 2 is 0.944 bits per heavy atom. The van der Waals surface area contributed by atoms with Crippen LogP contribution >= 0.6 is 7.26 Å². The Kier molecular flexibility index (Phi) is 33.3. The molecule has 0 N–H and O–H groups in total. The Morgan fingerprint density at radius 3 is 1.03 bits per heavy atom. The van der Waals surface area contributed by atoms with Crippen molar-refractivity contribution in [3.05, 3.63) is 54.5 Å². The molecule has 1 unspecified atom stereocenters. The second-order valence-corrected chi connectivity index (χ2v) is 17.7. The van der Waals surface area contributed by atoms with Gasteiger partial charge in [-0.05, 0) is 20.8 Å². The van der Waals surface area contributed by atoms with Crippen LogP contribution in [-0.2, 0) is 0 Å². The molecule has 0 radical (unpaired) electrons. The highest BCUT2D eigenvalue weighted by atomic mass is 31.2. The Bertz CT molecular complexity index is 536. The summed E-state index contributed by atoms with van der Waals surface area (Å²) in [5, 5.41) is 0. The summed E-state index contributed by atoms with van der Waals surface area (Å²) < 4.78 is 3.76. The first-order chi connectivity index (χ1) is 14.1. The summed E-state index contributed by atoms with van der Waals surface area (Å²) in [6.45, 7) is 19.3. The monoisotopic (exact) mass is 536 g/mol. The molecule has 2 aliphatic rings. The molecule has 0 amide bonds. The summed E-state index contributed by atoms with van der Waals surface area (Å²) in [6, 6.07) is 0. The van der Waals surface area contributed by atoms with Crippen molar-refractivity contribution >= 4 is 19.9 Å². The molecule has 7 heteroatoms. The van der Waals surface area contributed by atoms with Gasteiger partial charge in [-0.2, -0.15) is 0 Å². The molecular formula is C29H72N6P+. The van der Waals surface area contributed by atoms with Crippen molar-refractivity contribution in [2.45, 2.75) is 20.8 Å². The molecule has 0 fully saturated rings. The van der Waals surface area contributed by atoms with Gasteiger partial charge in [-0.15, -0.1) is 0 Å². The smallest absolute Gasteiger partial charge is 0.194 e. The minimum Gasteiger partial charge on any atom is -0.358 e. The van der Waals surface area contributed by atoms with Gasteiger partial charge in [-0.1, -0.05) is 0 Å². The van der Waals surface area contributed by atoms with Crippen molar-refractivity contribution in [2.75, 3.05) is 110 Å². The second kappa shape index (κ2) is 23.2. The van der Waals surface area contributed by atoms with Gasteiger partial charge in [0.1, 0.15) is 12.4 Å². The first-order valence-electron chi connectivity index (χ1n) is 11.6. The quantitative estimate of drug-likeness (QED) is 0.230. The summed E-state index contributed by atoms with van der Waals surface area (Å²) in [5.74, 6) is 0. The number of rotatable bonds is 3. The minimum atomic E-state index is -0.389. The highest BCUT2D eigenvalue weighted by molar-refractivity contribution is 7.73. The van der Waals surface area contributed by atoms with E-state index in [1.165, 1.54) is 13.1 Å². The normalized spacial score (nSPS) is 17.9. The summed E-state index contributed by atoms with van der Waals surface area (Å²) in [7, 11) is 18.8. The van der Waals surface area contributed by atoms with Gasteiger partial charge in [0, 0.05) is 33.9 Å². The van der Waals surface area contributed by atoms with Gasteiger partial charge in [-0.25, -0.2) is 9.98 Å². The first kappa shape index (κ1) is 51.7. The molecule has 0 saturated heterocycles. The predicted molar refractivity (Wildman–Crippen MR) is 178 cm³/mol. The van der Waals surface area contributed by atoms with E-state index < -0.39 is 0 Å². The van der Waals surface area contributed by atoms with Crippen LogP contribution in [0.3, 0.4) is 0 Å². The fourth-order valence-corrected chi connectivity index (χ4v) is 1.29. The van der Waals surface area contributed by atoms with Crippen molar-refractivity contribution < 1.29 is 17.9 Å². The standard InChI is InChI=1S/C6H11N2.C6H16N.C5H9N2.C4H12N.C4H12P.4CH3/c1-3-8(2)5-4-7-6-8;1-5-7(3,4)6-2;1-7(2)4-3-6-5-7;2*1-5(2,3)4;;;;/h4-6H,3H2,1-2H3;5-6H2,1-4H3;3-5H,1-2H3;2*1-4H3;4*1H3/q5*+1;4*-1. The van der Waals surface area contributed by atoms with E-state index in [4.69, 9.17) is 0 Å².